The summed E-state index contributed by atoms with van der Waals surface area (Å²) < 4.78 is 2.17. The van der Waals surface area contributed by atoms with Crippen molar-refractivity contribution in [3.8, 4) is 0 Å². The third-order valence-corrected chi connectivity index (χ3v) is 10.3. The van der Waals surface area contributed by atoms with Crippen molar-refractivity contribution in [2.75, 3.05) is 13.1 Å². The van der Waals surface area contributed by atoms with E-state index in [9.17, 15) is 0 Å². The van der Waals surface area contributed by atoms with E-state index in [-0.39, 0.29) is 12.1 Å². The fraction of sp³-hybridized carbons (Fsp3) is 0.571. The van der Waals surface area contributed by atoms with Crippen LogP contribution in [0.4, 0.5) is 0 Å². The molecule has 2 unspecified atom stereocenters. The molecule has 4 N–H and O–H groups in total. The molecule has 2 aromatic carbocycles. The number of hydrogen-bond donors (Lipinski definition) is 2. The van der Waals surface area contributed by atoms with Crippen LogP contribution in [0.5, 0.6) is 0 Å². The Bertz CT molecular complexity index is 804. The minimum atomic E-state index is -2.38. The van der Waals surface area contributed by atoms with Crippen molar-refractivity contribution in [3.63, 3.8) is 0 Å². The van der Waals surface area contributed by atoms with Gasteiger partial charge < -0.3 is 0 Å². The van der Waals surface area contributed by atoms with Crippen LogP contribution >= 0.6 is 19.2 Å². The van der Waals surface area contributed by atoms with Crippen LogP contribution in [0.25, 0.3) is 0 Å². The molecule has 0 aliphatic rings. The molecule has 2 rings (SSSR count). The molecule has 2 aromatic rings. The maximum atomic E-state index is 6.91. The van der Waals surface area contributed by atoms with Gasteiger partial charge in [0.25, 0.3) is 0 Å². The van der Waals surface area contributed by atoms with Crippen LogP contribution < -0.4 is 11.5 Å². The second-order valence-electron chi connectivity index (χ2n) is 10.5. The van der Waals surface area contributed by atoms with E-state index in [1.165, 1.54) is 33.4 Å². The van der Waals surface area contributed by atoms with E-state index in [2.05, 4.69) is 95.4 Å². The molecule has 0 saturated heterocycles. The Kier molecular flexibility index (Phi) is 11.6. The van der Waals surface area contributed by atoms with E-state index >= 15 is 0 Å². The molecule has 192 valence electrons. The Morgan fingerprint density at radius 3 is 1.09 bits per heavy atom. The second-order valence-corrected chi connectivity index (χ2v) is 16.7. The molecule has 0 bridgehead atoms. The number of nitrogens with two attached hydrogens (primary N) is 2. The van der Waals surface area contributed by atoms with E-state index in [0.717, 1.165) is 0 Å². The van der Waals surface area contributed by atoms with E-state index in [0.29, 0.717) is 36.8 Å². The van der Waals surface area contributed by atoms with E-state index in [1.807, 2.05) is 0 Å². The molecule has 0 amide bonds. The molecule has 3 nitrogen and oxygen atoms in total. The summed E-state index contributed by atoms with van der Waals surface area (Å²) in [6.45, 7) is 19.0. The van der Waals surface area contributed by atoms with Crippen molar-refractivity contribution in [2.45, 2.75) is 91.1 Å². The van der Waals surface area contributed by atoms with Gasteiger partial charge in [0.05, 0.1) is 0 Å². The Labute approximate surface area is 222 Å². The number of nitrogens with zero attached hydrogens (tertiary/aromatic N) is 1. The molecule has 0 aliphatic heterocycles. The fourth-order valence-electron chi connectivity index (χ4n) is 4.86. The van der Waals surface area contributed by atoms with Crippen molar-refractivity contribution < 1.29 is 14.7 Å². The number of hydrogen-bond acceptors (Lipinski definition) is 3. The van der Waals surface area contributed by atoms with Gasteiger partial charge in [0.1, 0.15) is 0 Å². The Morgan fingerprint density at radius 1 is 0.618 bits per heavy atom. The molecule has 0 saturated carbocycles. The van der Waals surface area contributed by atoms with E-state index < -0.39 is 14.7 Å². The maximum absolute atomic E-state index is 6.91. The van der Waals surface area contributed by atoms with Crippen molar-refractivity contribution in [1.82, 2.24) is 3.57 Å². The van der Waals surface area contributed by atoms with Gasteiger partial charge in [-0.15, -0.1) is 0 Å². The first kappa shape index (κ1) is 29.8. The fourth-order valence-corrected chi connectivity index (χ4v) is 7.34. The van der Waals surface area contributed by atoms with Crippen molar-refractivity contribution in [2.24, 2.45) is 11.5 Å². The van der Waals surface area contributed by atoms with Gasteiger partial charge in [-0.05, 0) is 0 Å². The topological polar surface area (TPSA) is 55.3 Å². The Hall–Kier alpha value is -0.451. The minimum absolute atomic E-state index is 0.176. The first-order valence-electron chi connectivity index (χ1n) is 12.4. The van der Waals surface area contributed by atoms with Gasteiger partial charge in [-0.2, -0.15) is 0 Å². The van der Waals surface area contributed by atoms with Gasteiger partial charge in [0, 0.05) is 0 Å². The summed E-state index contributed by atoms with van der Waals surface area (Å²) in [5, 5.41) is 0. The van der Waals surface area contributed by atoms with Crippen LogP contribution in [-0.2, 0) is 14.7 Å². The van der Waals surface area contributed by atoms with Crippen molar-refractivity contribution >= 4 is 19.2 Å². The molecular weight excluding hydrogens is 547 g/mol. The molecular formula is C28H44Cl2N3Tc. The van der Waals surface area contributed by atoms with Gasteiger partial charge in [-0.25, -0.2) is 0 Å². The number of benzene rings is 2. The quantitative estimate of drug-likeness (QED) is 0.278. The zero-order valence-corrected chi connectivity index (χ0v) is 25.4. The van der Waals surface area contributed by atoms with E-state index in [4.69, 9.17) is 30.6 Å². The summed E-state index contributed by atoms with van der Waals surface area (Å²) in [5.41, 5.74) is 21.5. The van der Waals surface area contributed by atoms with Gasteiger partial charge >= 0.3 is 223 Å². The summed E-state index contributed by atoms with van der Waals surface area (Å²) in [7, 11) is 13.3. The van der Waals surface area contributed by atoms with Gasteiger partial charge in [-0.1, -0.05) is 0 Å². The van der Waals surface area contributed by atoms with Crippen LogP contribution in [0.3, 0.4) is 0 Å². The third-order valence-electron chi connectivity index (χ3n) is 6.55. The Morgan fingerprint density at radius 2 is 0.882 bits per heavy atom. The molecule has 0 spiro atoms. The normalized spacial score (nSPS) is 14.6. The molecule has 0 heterocycles. The molecule has 0 aromatic heterocycles. The summed E-state index contributed by atoms with van der Waals surface area (Å²) in [6, 6.07) is 12.7. The zero-order valence-electron chi connectivity index (χ0n) is 22.1. The average molecular weight is 592 g/mol. The number of halogens is 2. The van der Waals surface area contributed by atoms with Crippen LogP contribution in [0.15, 0.2) is 36.4 Å². The van der Waals surface area contributed by atoms with Crippen LogP contribution in [-0.4, -0.2) is 16.7 Å². The SMILES string of the molecule is CC(C)c1cccc(C(C)C)c1C(N)C[N](CC(N)c1c(C(C)C)cccc1C(C)C)[Tc]([Cl])[Cl]. The summed E-state index contributed by atoms with van der Waals surface area (Å²) in [5.74, 6) is 1.57. The van der Waals surface area contributed by atoms with Gasteiger partial charge in [0.15, 0.2) is 0 Å². The van der Waals surface area contributed by atoms with Crippen LogP contribution in [0, 0.1) is 0 Å². The first-order valence-corrected chi connectivity index (χ1v) is 18.0. The molecule has 0 radical (unpaired) electrons. The molecule has 2 atom stereocenters. The second kappa shape index (κ2) is 13.2. The van der Waals surface area contributed by atoms with Crippen molar-refractivity contribution in [1.29, 1.82) is 0 Å². The molecule has 34 heavy (non-hydrogen) atoms. The third kappa shape index (κ3) is 7.29. The van der Waals surface area contributed by atoms with Crippen LogP contribution in [0.1, 0.15) is 125 Å². The first-order chi connectivity index (χ1) is 15.9. The van der Waals surface area contributed by atoms with E-state index in [1.54, 1.807) is 0 Å². The summed E-state index contributed by atoms with van der Waals surface area (Å²) >= 11 is -2.38. The number of rotatable bonds is 11. The van der Waals surface area contributed by atoms with Gasteiger partial charge in [-0.3, -0.25) is 0 Å². The predicted molar refractivity (Wildman–Crippen MR) is 146 cm³/mol. The molecule has 6 heteroatoms. The van der Waals surface area contributed by atoms with Crippen molar-refractivity contribution in [3.05, 3.63) is 69.8 Å². The average Bonchev–Trinajstić information content (AvgIpc) is 2.76. The van der Waals surface area contributed by atoms with Gasteiger partial charge in [0.2, 0.25) is 0 Å². The monoisotopic (exact) mass is 589 g/mol. The predicted octanol–water partition coefficient (Wildman–Crippen LogP) is 8.02. The summed E-state index contributed by atoms with van der Waals surface area (Å²) in [6.07, 6.45) is 0. The molecule has 0 aliphatic carbocycles. The zero-order chi connectivity index (χ0) is 25.7. The summed E-state index contributed by atoms with van der Waals surface area (Å²) in [4.78, 5) is 0. The molecule has 0 fully saturated rings. The van der Waals surface area contributed by atoms with Crippen LogP contribution in [0.2, 0.25) is 0 Å². The Balaban J connectivity index is 2.41. The standard InChI is InChI=1S/C28H44N3.2ClH.Tc/c1-17(2)21-11-9-12-22(18(3)4)27(21)25(29)15-31-16-26(30)28-23(19(5)6)13-10-14-24(28)20(7)8;;;/h9-14,17-20,25-26H,15-16,29-30H2,1-8H3;2*1H;/q-1;;;+3/p-2.